The lowest BCUT2D eigenvalue weighted by atomic mass is 9.85. The Balaban J connectivity index is 1.37. The average Bonchev–Trinajstić information content (AvgIpc) is 3.79. The van der Waals surface area contributed by atoms with Crippen molar-refractivity contribution in [3.8, 4) is 33.8 Å². The molecule has 4 heterocycles. The number of aromatic nitrogens is 4. The zero-order valence-electron chi connectivity index (χ0n) is 28.7. The second kappa shape index (κ2) is 10.4. The number of hydrogen-bond acceptors (Lipinski definition) is 3. The maximum Gasteiger partial charge on any atom is 0.144 e. The molecular weight excluding hydrogens is 601 g/mol. The first-order chi connectivity index (χ1) is 23.6. The van der Waals surface area contributed by atoms with Gasteiger partial charge in [0.05, 0.1) is 22.2 Å². The van der Waals surface area contributed by atoms with E-state index in [1.807, 2.05) is 36.5 Å². The molecule has 0 aliphatic carbocycles. The van der Waals surface area contributed by atoms with Crippen LogP contribution in [0.25, 0.3) is 88.5 Å². The third-order valence-electron chi connectivity index (χ3n) is 9.81. The first-order valence-corrected chi connectivity index (χ1v) is 17.0. The van der Waals surface area contributed by atoms with Crippen molar-refractivity contribution in [2.45, 2.75) is 52.5 Å². The molecule has 9 aromatic rings. The van der Waals surface area contributed by atoms with Crippen LogP contribution in [0.4, 0.5) is 0 Å². The van der Waals surface area contributed by atoms with Crippen LogP contribution >= 0.6 is 0 Å². The van der Waals surface area contributed by atoms with E-state index in [0.717, 1.165) is 77.8 Å². The van der Waals surface area contributed by atoms with Gasteiger partial charge in [0.15, 0.2) is 0 Å². The summed E-state index contributed by atoms with van der Waals surface area (Å²) in [6, 6.07) is 38.6. The Bertz CT molecular complexity index is 2730. The summed E-state index contributed by atoms with van der Waals surface area (Å²) >= 11 is 0. The molecule has 0 unspecified atom stereocenters. The minimum Gasteiger partial charge on any atom is -0.455 e. The van der Waals surface area contributed by atoms with Crippen molar-refractivity contribution < 1.29 is 4.42 Å². The Kier molecular flexibility index (Phi) is 6.26. The number of hydrogen-bond donors (Lipinski definition) is 1. The van der Waals surface area contributed by atoms with E-state index in [9.17, 15) is 0 Å². The molecule has 9 rings (SSSR count). The van der Waals surface area contributed by atoms with Gasteiger partial charge in [-0.15, -0.1) is 0 Å². The van der Waals surface area contributed by atoms with Gasteiger partial charge in [-0.2, -0.15) is 0 Å². The summed E-state index contributed by atoms with van der Waals surface area (Å²) in [7, 11) is 0. The Morgan fingerprint density at radius 3 is 2.20 bits per heavy atom. The van der Waals surface area contributed by atoms with Crippen LogP contribution in [0.1, 0.15) is 47.1 Å². The molecule has 0 atom stereocenters. The summed E-state index contributed by atoms with van der Waals surface area (Å²) in [6.07, 6.45) is 1.84. The first kappa shape index (κ1) is 29.5. The van der Waals surface area contributed by atoms with Crippen molar-refractivity contribution in [3.05, 3.63) is 121 Å². The molecule has 49 heavy (non-hydrogen) atoms. The van der Waals surface area contributed by atoms with E-state index >= 15 is 0 Å². The smallest absolute Gasteiger partial charge is 0.144 e. The normalized spacial score (nSPS) is 12.7. The highest BCUT2D eigenvalue weighted by Crippen LogP contribution is 2.44. The molecular formula is C44H38N4O. The Hall–Kier alpha value is -5.68. The second-order valence-electron chi connectivity index (χ2n) is 15.2. The summed E-state index contributed by atoms with van der Waals surface area (Å²) in [5, 5.41) is 4.61. The van der Waals surface area contributed by atoms with Crippen LogP contribution < -0.4 is 0 Å². The molecule has 0 bridgehead atoms. The number of benzene rings is 5. The van der Waals surface area contributed by atoms with Gasteiger partial charge in [0.1, 0.15) is 17.0 Å². The van der Waals surface area contributed by atoms with Crippen molar-refractivity contribution in [2.75, 3.05) is 0 Å². The number of H-pyrrole nitrogens is 1. The second-order valence-corrected chi connectivity index (χ2v) is 15.2. The predicted octanol–water partition coefficient (Wildman–Crippen LogP) is 12.0. The van der Waals surface area contributed by atoms with Gasteiger partial charge >= 0.3 is 0 Å². The van der Waals surface area contributed by atoms with Crippen LogP contribution in [-0.2, 0) is 11.0 Å². The topological polar surface area (TPSA) is 59.6 Å². The highest BCUT2D eigenvalue weighted by Gasteiger charge is 2.28. The lowest BCUT2D eigenvalue weighted by Crippen LogP contribution is -2.23. The largest absolute Gasteiger partial charge is 0.455 e. The van der Waals surface area contributed by atoms with Gasteiger partial charge in [-0.05, 0) is 91.9 Å². The lowest BCUT2D eigenvalue weighted by Gasteiger charge is -2.26. The molecule has 5 aromatic carbocycles. The van der Waals surface area contributed by atoms with Gasteiger partial charge in [-0.3, -0.25) is 4.98 Å². The highest BCUT2D eigenvalue weighted by atomic mass is 16.3. The number of aromatic amines is 1. The average molecular weight is 639 g/mol. The van der Waals surface area contributed by atoms with Crippen molar-refractivity contribution in [1.29, 1.82) is 0 Å². The van der Waals surface area contributed by atoms with E-state index < -0.39 is 0 Å². The van der Waals surface area contributed by atoms with Crippen LogP contribution in [-0.4, -0.2) is 19.5 Å². The fourth-order valence-corrected chi connectivity index (χ4v) is 7.45. The summed E-state index contributed by atoms with van der Waals surface area (Å²) < 4.78 is 8.90. The molecule has 0 radical (unpaired) electrons. The number of para-hydroxylation sites is 3. The number of fused-ring (bicyclic) bond motifs is 7. The predicted molar refractivity (Wildman–Crippen MR) is 204 cm³/mol. The molecule has 1 N–H and O–H groups in total. The van der Waals surface area contributed by atoms with Crippen LogP contribution in [0.2, 0.25) is 0 Å². The van der Waals surface area contributed by atoms with Crippen molar-refractivity contribution in [2.24, 2.45) is 0 Å². The molecule has 5 heteroatoms. The third-order valence-corrected chi connectivity index (χ3v) is 9.81. The van der Waals surface area contributed by atoms with Crippen molar-refractivity contribution >= 4 is 54.8 Å². The third kappa shape index (κ3) is 4.60. The highest BCUT2D eigenvalue weighted by molar-refractivity contribution is 6.14. The molecule has 240 valence electrons. The number of nitrogens with zero attached hydrogens (tertiary/aromatic N) is 3. The van der Waals surface area contributed by atoms with E-state index in [2.05, 4.69) is 130 Å². The number of pyridine rings is 1. The fourth-order valence-electron chi connectivity index (χ4n) is 7.45. The molecule has 0 fully saturated rings. The molecule has 0 spiro atoms. The van der Waals surface area contributed by atoms with Crippen molar-refractivity contribution in [1.82, 2.24) is 19.5 Å². The Morgan fingerprint density at radius 1 is 0.653 bits per heavy atom. The van der Waals surface area contributed by atoms with E-state index in [4.69, 9.17) is 14.4 Å². The molecule has 0 aliphatic heterocycles. The summed E-state index contributed by atoms with van der Waals surface area (Å²) in [6.45, 7) is 13.7. The van der Waals surface area contributed by atoms with Gasteiger partial charge in [0.25, 0.3) is 0 Å². The van der Waals surface area contributed by atoms with Crippen LogP contribution in [0.3, 0.4) is 0 Å². The Labute approximate surface area is 285 Å². The maximum absolute atomic E-state index is 6.48. The molecule has 0 aliphatic rings. The monoisotopic (exact) mass is 638 g/mol. The molecule has 0 saturated carbocycles. The number of furan rings is 1. The van der Waals surface area contributed by atoms with Crippen LogP contribution in [0, 0.1) is 0 Å². The quantitative estimate of drug-likeness (QED) is 0.209. The molecule has 4 aromatic heterocycles. The molecule has 5 nitrogen and oxygen atoms in total. The zero-order valence-corrected chi connectivity index (χ0v) is 28.7. The Morgan fingerprint density at radius 2 is 1.43 bits per heavy atom. The van der Waals surface area contributed by atoms with Gasteiger partial charge < -0.3 is 14.0 Å². The van der Waals surface area contributed by atoms with Crippen LogP contribution in [0.5, 0.6) is 0 Å². The molecule has 0 saturated heterocycles. The standard InChI is InChI=1S/C44H38N4O/c1-43(2,3)27-24-31-29-14-7-9-18-36(29)46-39(31)34(25-27)42-47-40-28(16-13-19-37(40)48(42)44(4,5)6)26-22-32-30-15-8-10-20-38(30)49-41(32)33(23-26)35-17-11-12-21-45-35/h7-25,46H,1-6H3. The summed E-state index contributed by atoms with van der Waals surface area (Å²) in [4.78, 5) is 14.1. The van der Waals surface area contributed by atoms with Crippen molar-refractivity contribution in [3.63, 3.8) is 0 Å². The van der Waals surface area contributed by atoms with Crippen LogP contribution in [0.15, 0.2) is 120 Å². The number of rotatable bonds is 3. The number of imidazole rings is 1. The van der Waals surface area contributed by atoms with E-state index in [1.165, 1.54) is 16.3 Å². The first-order valence-electron chi connectivity index (χ1n) is 17.0. The van der Waals surface area contributed by atoms with Gasteiger partial charge in [-0.1, -0.05) is 75.4 Å². The van der Waals surface area contributed by atoms with E-state index in [1.54, 1.807) is 0 Å². The maximum atomic E-state index is 6.48. The zero-order chi connectivity index (χ0) is 33.7. The van der Waals surface area contributed by atoms with E-state index in [-0.39, 0.29) is 11.0 Å². The number of nitrogens with one attached hydrogen (secondary N) is 1. The summed E-state index contributed by atoms with van der Waals surface area (Å²) in [5.74, 6) is 0.956. The van der Waals surface area contributed by atoms with Gasteiger partial charge in [-0.25, -0.2) is 4.98 Å². The van der Waals surface area contributed by atoms with E-state index in [0.29, 0.717) is 0 Å². The SMILES string of the molecule is CC(C)(C)c1cc(-c2nc3c(-c4cc(-c5ccccn5)c5oc6ccccc6c5c4)cccc3n2C(C)(C)C)c2[nH]c3ccccc3c2c1. The van der Waals surface area contributed by atoms with Gasteiger partial charge in [0, 0.05) is 55.5 Å². The minimum atomic E-state index is -0.247. The molecule has 0 amide bonds. The lowest BCUT2D eigenvalue weighted by molar-refractivity contribution is 0.413. The fraction of sp³-hybridized carbons (Fsp3) is 0.182. The minimum absolute atomic E-state index is 0.0459. The summed E-state index contributed by atoms with van der Waals surface area (Å²) in [5.41, 5.74) is 12.1. The van der Waals surface area contributed by atoms with Gasteiger partial charge in [0.2, 0.25) is 0 Å².